The van der Waals surface area contributed by atoms with Crippen molar-refractivity contribution in [2.24, 2.45) is 11.7 Å². The number of carbonyl (C=O) groups is 2. The molecule has 1 aromatic carbocycles. The summed E-state index contributed by atoms with van der Waals surface area (Å²) in [5.74, 6) is -3.70. The van der Waals surface area contributed by atoms with Crippen LogP contribution in [0.4, 0.5) is 32.0 Å². The van der Waals surface area contributed by atoms with Gasteiger partial charge in [-0.25, -0.2) is 24.0 Å². The van der Waals surface area contributed by atoms with Crippen molar-refractivity contribution < 1.29 is 45.4 Å². The number of hydrogen-bond donors (Lipinski definition) is 1. The van der Waals surface area contributed by atoms with Gasteiger partial charge in [0.05, 0.1) is 54.7 Å². The Morgan fingerprint density at radius 1 is 1.20 bits per heavy atom. The van der Waals surface area contributed by atoms with Gasteiger partial charge in [0.25, 0.3) is 5.91 Å². The van der Waals surface area contributed by atoms with Crippen molar-refractivity contribution in [3.8, 4) is 16.9 Å². The number of rotatable bonds is 9. The molecule has 0 radical (unpaired) electrons. The lowest BCUT2D eigenvalue weighted by atomic mass is 9.93. The molecule has 0 unspecified atom stereocenters. The van der Waals surface area contributed by atoms with Crippen LogP contribution in [0.3, 0.4) is 0 Å². The third kappa shape index (κ3) is 5.99. The van der Waals surface area contributed by atoms with Gasteiger partial charge in [-0.15, -0.1) is 13.2 Å². The average Bonchev–Trinajstić information content (AvgIpc) is 3.69. The van der Waals surface area contributed by atoms with Crippen molar-refractivity contribution in [1.29, 1.82) is 0 Å². The number of alkyl halides is 5. The van der Waals surface area contributed by atoms with E-state index >= 15 is 0 Å². The molecule has 3 aromatic heterocycles. The summed E-state index contributed by atoms with van der Waals surface area (Å²) in [6, 6.07) is 2.98. The Hall–Kier alpha value is -4.80. The van der Waals surface area contributed by atoms with Crippen molar-refractivity contribution >= 4 is 28.5 Å². The van der Waals surface area contributed by atoms with E-state index in [2.05, 4.69) is 24.8 Å². The van der Waals surface area contributed by atoms with Gasteiger partial charge in [-0.1, -0.05) is 6.07 Å². The van der Waals surface area contributed by atoms with E-state index in [-0.39, 0.29) is 50.8 Å². The number of halogens is 6. The molecule has 0 bridgehead atoms. The van der Waals surface area contributed by atoms with E-state index < -0.39 is 55.0 Å². The second-order valence-corrected chi connectivity index (χ2v) is 10.8. The lowest BCUT2D eigenvalue weighted by Crippen LogP contribution is -2.50. The molecule has 2 N–H and O–H groups in total. The monoisotopic (exact) mass is 635 g/mol. The van der Waals surface area contributed by atoms with E-state index in [0.717, 1.165) is 25.2 Å². The Balaban J connectivity index is 1.49. The van der Waals surface area contributed by atoms with Crippen LogP contribution in [-0.2, 0) is 22.5 Å². The van der Waals surface area contributed by atoms with Crippen LogP contribution in [0.5, 0.6) is 5.75 Å². The maximum Gasteiger partial charge on any atom is 0.522 e. The number of hydrogen-bond acceptors (Lipinski definition) is 8. The molecule has 2 amide bonds. The third-order valence-electron chi connectivity index (χ3n) is 7.39. The van der Waals surface area contributed by atoms with Crippen LogP contribution in [-0.4, -0.2) is 55.6 Å². The SMILES string of the molecule is C[C@@H](COC(F)(F)F)n1ncc2c(-c3ccc4c(c3)OC(F)(F)C(=O)N4Cc3ncc(F)cn3)c(C(N)=O)c(CC3CC3)nc21. The molecule has 45 heavy (non-hydrogen) atoms. The van der Waals surface area contributed by atoms with Gasteiger partial charge in [-0.2, -0.15) is 13.9 Å². The number of fused-ring (bicyclic) bond motifs is 2. The van der Waals surface area contributed by atoms with Crippen molar-refractivity contribution in [2.75, 3.05) is 11.5 Å². The highest BCUT2D eigenvalue weighted by Crippen LogP contribution is 2.45. The summed E-state index contributed by atoms with van der Waals surface area (Å²) in [4.78, 5) is 38.3. The molecule has 0 spiro atoms. The molecule has 1 saturated carbocycles. The van der Waals surface area contributed by atoms with Gasteiger partial charge in [-0.05, 0) is 49.8 Å². The van der Waals surface area contributed by atoms with Crippen LogP contribution in [0.15, 0.2) is 36.8 Å². The van der Waals surface area contributed by atoms with Crippen molar-refractivity contribution in [3.05, 3.63) is 59.7 Å². The summed E-state index contributed by atoms with van der Waals surface area (Å²) < 4.78 is 91.3. The fraction of sp³-hybridized carbons (Fsp3) is 0.357. The number of amides is 2. The smallest absolute Gasteiger partial charge is 0.423 e. The van der Waals surface area contributed by atoms with Gasteiger partial charge < -0.3 is 10.5 Å². The first-order chi connectivity index (χ1) is 21.2. The Kier molecular flexibility index (Phi) is 7.37. The van der Waals surface area contributed by atoms with Crippen LogP contribution in [0.1, 0.15) is 47.7 Å². The predicted octanol–water partition coefficient (Wildman–Crippen LogP) is 4.69. The van der Waals surface area contributed by atoms with E-state index in [1.54, 1.807) is 0 Å². The fourth-order valence-electron chi connectivity index (χ4n) is 5.16. The standard InChI is InChI=1S/C28H23F6N7O4/c1-13(12-44-28(32,33)34)41-25-17(10-38-41)22(23(24(35)42)18(39-25)6-14-2-3-14)15-4-5-19-20(7-15)45-27(30,31)26(43)40(19)11-21-36-8-16(29)9-37-21/h4-5,7-10,13-14H,2-3,6,11-12H2,1H3,(H2,35,42)/t13-/m0/s1. The number of ether oxygens (including phenoxy) is 2. The Labute approximate surface area is 250 Å². The molecule has 6 rings (SSSR count). The minimum absolute atomic E-state index is 0.0108. The number of nitrogens with two attached hydrogens (primary N) is 1. The van der Waals surface area contributed by atoms with Crippen LogP contribution in [0.25, 0.3) is 22.2 Å². The quantitative estimate of drug-likeness (QED) is 0.262. The van der Waals surface area contributed by atoms with Crippen LogP contribution in [0.2, 0.25) is 0 Å². The van der Waals surface area contributed by atoms with Crippen molar-refractivity contribution in [1.82, 2.24) is 24.7 Å². The molecule has 17 heteroatoms. The van der Waals surface area contributed by atoms with Crippen LogP contribution >= 0.6 is 0 Å². The number of benzene rings is 1. The average molecular weight is 636 g/mol. The maximum absolute atomic E-state index is 14.8. The van der Waals surface area contributed by atoms with E-state index in [9.17, 15) is 35.9 Å². The summed E-state index contributed by atoms with van der Waals surface area (Å²) in [6.45, 7) is 0.121. The second-order valence-electron chi connectivity index (χ2n) is 10.8. The number of primary amides is 1. The summed E-state index contributed by atoms with van der Waals surface area (Å²) >= 11 is 0. The zero-order chi connectivity index (χ0) is 32.3. The number of nitrogens with zero attached hydrogens (tertiary/aromatic N) is 6. The first kappa shape index (κ1) is 30.2. The largest absolute Gasteiger partial charge is 0.522 e. The Morgan fingerprint density at radius 3 is 2.56 bits per heavy atom. The van der Waals surface area contributed by atoms with Crippen LogP contribution in [0, 0.1) is 11.7 Å². The topological polar surface area (TPSA) is 138 Å². The van der Waals surface area contributed by atoms with E-state index in [1.807, 2.05) is 0 Å². The van der Waals surface area contributed by atoms with Crippen molar-refractivity contribution in [2.45, 2.75) is 51.2 Å². The molecule has 0 saturated heterocycles. The Bertz CT molecular complexity index is 1810. The molecule has 11 nitrogen and oxygen atoms in total. The molecule has 236 valence electrons. The highest BCUT2D eigenvalue weighted by molar-refractivity contribution is 6.09. The summed E-state index contributed by atoms with van der Waals surface area (Å²) in [5, 5.41) is 4.42. The Morgan fingerprint density at radius 2 is 1.91 bits per heavy atom. The summed E-state index contributed by atoms with van der Waals surface area (Å²) in [6.07, 6.45) is -4.19. The molecular weight excluding hydrogens is 612 g/mol. The number of pyridine rings is 1. The van der Waals surface area contributed by atoms with Gasteiger partial charge in [0.1, 0.15) is 5.82 Å². The van der Waals surface area contributed by atoms with Gasteiger partial charge >= 0.3 is 18.4 Å². The van der Waals surface area contributed by atoms with E-state index in [4.69, 9.17) is 10.5 Å². The highest BCUT2D eigenvalue weighted by atomic mass is 19.4. The molecule has 2 aliphatic rings. The fourth-order valence-corrected chi connectivity index (χ4v) is 5.16. The van der Waals surface area contributed by atoms with Crippen molar-refractivity contribution in [3.63, 3.8) is 0 Å². The minimum Gasteiger partial charge on any atom is -0.423 e. The summed E-state index contributed by atoms with van der Waals surface area (Å²) in [7, 11) is 0. The van der Waals surface area contributed by atoms with Gasteiger partial charge in [-0.3, -0.25) is 19.2 Å². The number of carbonyl (C=O) groups excluding carboxylic acids is 2. The predicted molar refractivity (Wildman–Crippen MR) is 143 cm³/mol. The zero-order valence-electron chi connectivity index (χ0n) is 23.3. The zero-order valence-corrected chi connectivity index (χ0v) is 23.3. The van der Waals surface area contributed by atoms with E-state index in [1.165, 1.54) is 36.0 Å². The molecule has 1 aliphatic heterocycles. The molecular formula is C28H23F6N7O4. The number of aromatic nitrogens is 5. The summed E-state index contributed by atoms with van der Waals surface area (Å²) in [5.41, 5.74) is 6.44. The van der Waals surface area contributed by atoms with Gasteiger partial charge in [0, 0.05) is 10.9 Å². The molecule has 4 heterocycles. The highest BCUT2D eigenvalue weighted by Gasteiger charge is 2.51. The van der Waals surface area contributed by atoms with Gasteiger partial charge in [0.15, 0.2) is 17.2 Å². The molecule has 1 fully saturated rings. The number of anilines is 1. The van der Waals surface area contributed by atoms with E-state index in [0.29, 0.717) is 11.3 Å². The second kappa shape index (κ2) is 11.0. The first-order valence-corrected chi connectivity index (χ1v) is 13.6. The minimum atomic E-state index is -4.88. The lowest BCUT2D eigenvalue weighted by molar-refractivity contribution is -0.327. The maximum atomic E-state index is 14.8. The molecule has 1 atom stereocenters. The first-order valence-electron chi connectivity index (χ1n) is 13.6. The van der Waals surface area contributed by atoms with Crippen LogP contribution < -0.4 is 15.4 Å². The molecule has 1 aliphatic carbocycles. The normalized spacial score (nSPS) is 16.9. The molecule has 4 aromatic rings. The van der Waals surface area contributed by atoms with Gasteiger partial charge in [0.2, 0.25) is 0 Å². The third-order valence-corrected chi connectivity index (χ3v) is 7.39. The lowest BCUT2D eigenvalue weighted by Gasteiger charge is -2.33.